The van der Waals surface area contributed by atoms with E-state index in [9.17, 15) is 9.59 Å². The van der Waals surface area contributed by atoms with E-state index in [1.807, 2.05) is 0 Å². The monoisotopic (exact) mass is 342 g/mol. The molecule has 0 radical (unpaired) electrons. The molecule has 2 aromatic rings. The molecule has 124 valence electrons. The van der Waals surface area contributed by atoms with Gasteiger partial charge >= 0.3 is 5.97 Å². The van der Waals surface area contributed by atoms with Crippen molar-refractivity contribution in [3.05, 3.63) is 52.0 Å². The van der Waals surface area contributed by atoms with Gasteiger partial charge in [0.1, 0.15) is 0 Å². The van der Waals surface area contributed by atoms with Gasteiger partial charge in [-0.15, -0.1) is 11.3 Å². The molecule has 0 saturated heterocycles. The molecule has 0 spiro atoms. The number of thiazole rings is 1. The molecule has 0 bridgehead atoms. The third-order valence-electron chi connectivity index (χ3n) is 3.83. The highest BCUT2D eigenvalue weighted by atomic mass is 32.1. The van der Waals surface area contributed by atoms with E-state index in [0.29, 0.717) is 10.7 Å². The fraction of sp³-hybridized carbons (Fsp3) is 0.278. The number of nitrogens with zero attached hydrogens (tertiary/aromatic N) is 1. The second-order valence-electron chi connectivity index (χ2n) is 5.53. The molecule has 1 amide bonds. The Morgan fingerprint density at radius 3 is 2.67 bits per heavy atom. The number of hydrogen-bond donors (Lipinski definition) is 1. The van der Waals surface area contributed by atoms with Crippen molar-refractivity contribution >= 4 is 34.4 Å². The van der Waals surface area contributed by atoms with E-state index in [0.717, 1.165) is 24.1 Å². The number of benzene rings is 1. The summed E-state index contributed by atoms with van der Waals surface area (Å²) in [5.41, 5.74) is 2.44. The lowest BCUT2D eigenvalue weighted by Gasteiger charge is -2.06. The summed E-state index contributed by atoms with van der Waals surface area (Å²) in [6.07, 6.45) is 7.60. The molecule has 1 aliphatic carbocycles. The van der Waals surface area contributed by atoms with Crippen molar-refractivity contribution in [3.63, 3.8) is 0 Å². The number of rotatable bonds is 4. The number of fused-ring (bicyclic) bond motifs is 1. The molecule has 0 aliphatic heterocycles. The largest absolute Gasteiger partial charge is 0.465 e. The Hall–Kier alpha value is -2.47. The molecular formula is C18H18N2O3S. The van der Waals surface area contributed by atoms with E-state index in [1.54, 1.807) is 41.7 Å². The molecular weight excluding hydrogens is 324 g/mol. The Morgan fingerprint density at radius 2 is 1.96 bits per heavy atom. The zero-order valence-corrected chi connectivity index (χ0v) is 14.2. The summed E-state index contributed by atoms with van der Waals surface area (Å²) >= 11 is 1.56. The number of carbonyl (C=O) groups is 2. The summed E-state index contributed by atoms with van der Waals surface area (Å²) in [5, 5.41) is 3.48. The van der Waals surface area contributed by atoms with Crippen LogP contribution in [-0.2, 0) is 22.4 Å². The van der Waals surface area contributed by atoms with Crippen molar-refractivity contribution in [2.45, 2.75) is 25.7 Å². The first-order chi connectivity index (χ1) is 11.7. The fourth-order valence-electron chi connectivity index (χ4n) is 2.57. The van der Waals surface area contributed by atoms with Gasteiger partial charge in [0.15, 0.2) is 5.13 Å². The second-order valence-corrected chi connectivity index (χ2v) is 6.62. The van der Waals surface area contributed by atoms with Gasteiger partial charge in [0.25, 0.3) is 0 Å². The number of anilines is 1. The molecule has 1 aliphatic rings. The zero-order chi connectivity index (χ0) is 16.9. The summed E-state index contributed by atoms with van der Waals surface area (Å²) in [6.45, 7) is 0. The van der Waals surface area contributed by atoms with Gasteiger partial charge in [0, 0.05) is 11.0 Å². The number of ether oxygens (including phenoxy) is 1. The van der Waals surface area contributed by atoms with Gasteiger partial charge in [-0.25, -0.2) is 9.78 Å². The molecule has 1 N–H and O–H groups in total. The van der Waals surface area contributed by atoms with Crippen LogP contribution in [0.5, 0.6) is 0 Å². The molecule has 3 rings (SSSR count). The molecule has 1 heterocycles. The van der Waals surface area contributed by atoms with Crippen molar-refractivity contribution < 1.29 is 14.3 Å². The topological polar surface area (TPSA) is 68.3 Å². The van der Waals surface area contributed by atoms with Crippen LogP contribution in [-0.4, -0.2) is 24.0 Å². The first kappa shape index (κ1) is 16.4. The van der Waals surface area contributed by atoms with Crippen LogP contribution in [0, 0.1) is 0 Å². The maximum atomic E-state index is 12.0. The Balaban J connectivity index is 1.60. The lowest BCUT2D eigenvalue weighted by molar-refractivity contribution is -0.111. The molecule has 24 heavy (non-hydrogen) atoms. The number of methoxy groups -OCH3 is 1. The standard InChI is InChI=1S/C18H18N2O3S/c1-23-17(22)13-9-6-12(7-10-13)8-11-16(21)20-18-19-14-4-2-3-5-15(14)24-18/h6-11H,2-5H2,1H3,(H,19,20,21)/b11-8+. The first-order valence-electron chi connectivity index (χ1n) is 7.82. The van der Waals surface area contributed by atoms with Crippen molar-refractivity contribution in [3.8, 4) is 0 Å². The van der Waals surface area contributed by atoms with E-state index in [1.165, 1.54) is 30.9 Å². The van der Waals surface area contributed by atoms with Gasteiger partial charge < -0.3 is 4.74 Å². The highest BCUT2D eigenvalue weighted by molar-refractivity contribution is 7.15. The molecule has 0 saturated carbocycles. The average molecular weight is 342 g/mol. The van der Waals surface area contributed by atoms with Gasteiger partial charge in [-0.05, 0) is 49.5 Å². The molecule has 1 aromatic carbocycles. The zero-order valence-electron chi connectivity index (χ0n) is 13.4. The summed E-state index contributed by atoms with van der Waals surface area (Å²) in [7, 11) is 1.34. The first-order valence-corrected chi connectivity index (χ1v) is 8.63. The minimum atomic E-state index is -0.379. The fourth-order valence-corrected chi connectivity index (χ4v) is 3.63. The van der Waals surface area contributed by atoms with Crippen LogP contribution in [0.1, 0.15) is 39.3 Å². The van der Waals surface area contributed by atoms with Crippen LogP contribution in [0.2, 0.25) is 0 Å². The lowest BCUT2D eigenvalue weighted by Crippen LogP contribution is -2.07. The number of esters is 1. The van der Waals surface area contributed by atoms with E-state index in [4.69, 9.17) is 0 Å². The second kappa shape index (κ2) is 7.40. The Morgan fingerprint density at radius 1 is 1.21 bits per heavy atom. The number of amides is 1. The van der Waals surface area contributed by atoms with Crippen molar-refractivity contribution in [2.75, 3.05) is 12.4 Å². The molecule has 5 nitrogen and oxygen atoms in total. The smallest absolute Gasteiger partial charge is 0.337 e. The quantitative estimate of drug-likeness (QED) is 0.682. The molecule has 0 fully saturated rings. The predicted octanol–water partition coefficient (Wildman–Crippen LogP) is 3.46. The highest BCUT2D eigenvalue weighted by Crippen LogP contribution is 2.29. The van der Waals surface area contributed by atoms with E-state index < -0.39 is 0 Å². The lowest BCUT2D eigenvalue weighted by atomic mass is 10.0. The van der Waals surface area contributed by atoms with Crippen molar-refractivity contribution in [2.24, 2.45) is 0 Å². The van der Waals surface area contributed by atoms with Gasteiger partial charge in [-0.2, -0.15) is 0 Å². The average Bonchev–Trinajstić information content (AvgIpc) is 3.02. The minimum absolute atomic E-state index is 0.210. The number of aromatic nitrogens is 1. The molecule has 0 atom stereocenters. The van der Waals surface area contributed by atoms with Crippen LogP contribution in [0.4, 0.5) is 5.13 Å². The van der Waals surface area contributed by atoms with Crippen LogP contribution in [0.3, 0.4) is 0 Å². The van der Waals surface area contributed by atoms with Gasteiger partial charge in [-0.3, -0.25) is 10.1 Å². The van der Waals surface area contributed by atoms with Crippen LogP contribution >= 0.6 is 11.3 Å². The van der Waals surface area contributed by atoms with E-state index >= 15 is 0 Å². The maximum Gasteiger partial charge on any atom is 0.337 e. The van der Waals surface area contributed by atoms with Gasteiger partial charge in [0.05, 0.1) is 18.4 Å². The van der Waals surface area contributed by atoms with E-state index in [-0.39, 0.29) is 11.9 Å². The van der Waals surface area contributed by atoms with Crippen LogP contribution in [0.25, 0.3) is 6.08 Å². The van der Waals surface area contributed by atoms with Crippen LogP contribution in [0.15, 0.2) is 30.3 Å². The maximum absolute atomic E-state index is 12.0. The molecule has 0 unspecified atom stereocenters. The van der Waals surface area contributed by atoms with Crippen molar-refractivity contribution in [1.82, 2.24) is 4.98 Å². The minimum Gasteiger partial charge on any atom is -0.465 e. The number of nitrogens with one attached hydrogen (secondary N) is 1. The number of carbonyl (C=O) groups excluding carboxylic acids is 2. The highest BCUT2D eigenvalue weighted by Gasteiger charge is 2.15. The Bertz CT molecular complexity index is 755. The Kier molecular flexibility index (Phi) is 5.05. The number of aryl methyl sites for hydroxylation is 2. The summed E-state index contributed by atoms with van der Waals surface area (Å²) in [4.78, 5) is 29.2. The van der Waals surface area contributed by atoms with Crippen LogP contribution < -0.4 is 5.32 Å². The van der Waals surface area contributed by atoms with Gasteiger partial charge in [0.2, 0.25) is 5.91 Å². The van der Waals surface area contributed by atoms with Crippen molar-refractivity contribution in [1.29, 1.82) is 0 Å². The van der Waals surface area contributed by atoms with Gasteiger partial charge in [-0.1, -0.05) is 12.1 Å². The summed E-state index contributed by atoms with van der Waals surface area (Å²) < 4.78 is 4.65. The third kappa shape index (κ3) is 3.89. The number of hydrogen-bond acceptors (Lipinski definition) is 5. The van der Waals surface area contributed by atoms with E-state index in [2.05, 4.69) is 15.0 Å². The predicted molar refractivity (Wildman–Crippen MR) is 94.2 cm³/mol. The molecule has 6 heteroatoms. The SMILES string of the molecule is COC(=O)c1ccc(/C=C/C(=O)Nc2nc3c(s2)CCCC3)cc1. The molecule has 1 aromatic heterocycles. The Labute approximate surface area is 144 Å². The summed E-state index contributed by atoms with van der Waals surface area (Å²) in [6, 6.07) is 6.85. The summed E-state index contributed by atoms with van der Waals surface area (Å²) in [5.74, 6) is -0.589. The third-order valence-corrected chi connectivity index (χ3v) is 4.91. The normalized spacial score (nSPS) is 13.5.